The van der Waals surface area contributed by atoms with E-state index >= 15 is 0 Å². The first-order chi connectivity index (χ1) is 14.2. The molecule has 1 fully saturated rings. The second-order valence-corrected chi connectivity index (χ2v) is 6.65. The second kappa shape index (κ2) is 8.70. The van der Waals surface area contributed by atoms with E-state index in [9.17, 15) is 9.18 Å². The first-order valence-corrected chi connectivity index (χ1v) is 9.40. The molecular formula is C22H21FN4O2. The van der Waals surface area contributed by atoms with Gasteiger partial charge in [-0.2, -0.15) is 5.10 Å². The van der Waals surface area contributed by atoms with Crippen molar-refractivity contribution in [1.82, 2.24) is 9.99 Å². The zero-order valence-corrected chi connectivity index (χ0v) is 15.8. The molecule has 3 aromatic rings. The molecule has 1 saturated heterocycles. The predicted octanol–water partition coefficient (Wildman–Crippen LogP) is 3.22. The average Bonchev–Trinajstić information content (AvgIpc) is 3.29. The highest BCUT2D eigenvalue weighted by molar-refractivity contribution is 5.95. The Labute approximate surface area is 168 Å². The third-order valence-corrected chi connectivity index (χ3v) is 4.74. The molecule has 7 heteroatoms. The number of carbonyl (C=O) groups excluding carboxylic acids is 1. The smallest absolute Gasteiger partial charge is 0.271 e. The molecule has 1 aromatic heterocycles. The maximum Gasteiger partial charge on any atom is 0.271 e. The maximum atomic E-state index is 14.4. The van der Waals surface area contributed by atoms with Crippen LogP contribution >= 0.6 is 0 Å². The minimum Gasteiger partial charge on any atom is -0.378 e. The molecular weight excluding hydrogens is 371 g/mol. The highest BCUT2D eigenvalue weighted by Crippen LogP contribution is 2.21. The van der Waals surface area contributed by atoms with Gasteiger partial charge in [-0.3, -0.25) is 4.79 Å². The molecule has 6 nitrogen and oxygen atoms in total. The standard InChI is InChI=1S/C22H21FN4O2/c23-20-15-17(3-8-21(20)27-11-13-29-14-12-27)16-24-25-22(28)18-4-6-19(7-5-18)26-9-1-2-10-26/h1-10,15-16H,11-14H2,(H,25,28)/b24-16+. The van der Waals surface area contributed by atoms with Crippen molar-refractivity contribution in [3.63, 3.8) is 0 Å². The SMILES string of the molecule is O=C(N/N=C/c1ccc(N2CCOCC2)c(F)c1)c1ccc(-n2cccc2)cc1. The first-order valence-electron chi connectivity index (χ1n) is 9.40. The number of aromatic nitrogens is 1. The van der Waals surface area contributed by atoms with Gasteiger partial charge in [-0.05, 0) is 54.1 Å². The van der Waals surface area contributed by atoms with Crippen molar-refractivity contribution in [2.24, 2.45) is 5.10 Å². The van der Waals surface area contributed by atoms with Gasteiger partial charge < -0.3 is 14.2 Å². The quantitative estimate of drug-likeness (QED) is 0.536. The van der Waals surface area contributed by atoms with E-state index in [1.807, 2.05) is 46.1 Å². The Morgan fingerprint density at radius 3 is 2.48 bits per heavy atom. The number of carbonyl (C=O) groups is 1. The van der Waals surface area contributed by atoms with E-state index in [1.54, 1.807) is 24.3 Å². The summed E-state index contributed by atoms with van der Waals surface area (Å²) in [6.45, 7) is 2.54. The van der Waals surface area contributed by atoms with E-state index in [0.29, 0.717) is 43.1 Å². The lowest BCUT2D eigenvalue weighted by atomic mass is 10.2. The number of halogens is 1. The summed E-state index contributed by atoms with van der Waals surface area (Å²) in [6, 6.07) is 16.0. The molecule has 1 amide bonds. The van der Waals surface area contributed by atoms with Crippen molar-refractivity contribution in [3.8, 4) is 5.69 Å². The van der Waals surface area contributed by atoms with Crippen LogP contribution in [0.2, 0.25) is 0 Å². The largest absolute Gasteiger partial charge is 0.378 e. The monoisotopic (exact) mass is 392 g/mol. The Hall–Kier alpha value is -3.45. The van der Waals surface area contributed by atoms with E-state index in [0.717, 1.165) is 5.69 Å². The zero-order valence-electron chi connectivity index (χ0n) is 15.8. The molecule has 2 aromatic carbocycles. The molecule has 0 aliphatic carbocycles. The van der Waals surface area contributed by atoms with E-state index in [4.69, 9.17) is 4.74 Å². The fraction of sp³-hybridized carbons (Fsp3) is 0.182. The lowest BCUT2D eigenvalue weighted by Gasteiger charge is -2.29. The summed E-state index contributed by atoms with van der Waals surface area (Å²) < 4.78 is 21.7. The van der Waals surface area contributed by atoms with Crippen molar-refractivity contribution < 1.29 is 13.9 Å². The number of nitrogens with zero attached hydrogens (tertiary/aromatic N) is 3. The van der Waals surface area contributed by atoms with Crippen LogP contribution in [0.25, 0.3) is 5.69 Å². The van der Waals surface area contributed by atoms with Crippen molar-refractivity contribution in [1.29, 1.82) is 0 Å². The Morgan fingerprint density at radius 2 is 1.79 bits per heavy atom. The van der Waals surface area contributed by atoms with Gasteiger partial charge in [0.2, 0.25) is 0 Å². The van der Waals surface area contributed by atoms with Crippen LogP contribution in [0, 0.1) is 5.82 Å². The Kier molecular flexibility index (Phi) is 5.67. The molecule has 0 spiro atoms. The topological polar surface area (TPSA) is 58.9 Å². The highest BCUT2D eigenvalue weighted by Gasteiger charge is 2.15. The van der Waals surface area contributed by atoms with Crippen LogP contribution in [0.5, 0.6) is 0 Å². The predicted molar refractivity (Wildman–Crippen MR) is 110 cm³/mol. The van der Waals surface area contributed by atoms with Gasteiger partial charge in [0.15, 0.2) is 0 Å². The van der Waals surface area contributed by atoms with Gasteiger partial charge in [0.1, 0.15) is 5.82 Å². The zero-order chi connectivity index (χ0) is 20.1. The molecule has 148 valence electrons. The Balaban J connectivity index is 1.37. The van der Waals surface area contributed by atoms with Gasteiger partial charge in [-0.15, -0.1) is 0 Å². The summed E-state index contributed by atoms with van der Waals surface area (Å²) >= 11 is 0. The number of morpholine rings is 1. The number of hydrogen-bond donors (Lipinski definition) is 1. The van der Waals surface area contributed by atoms with Gasteiger partial charge in [0.05, 0.1) is 25.1 Å². The van der Waals surface area contributed by atoms with Gasteiger partial charge in [0.25, 0.3) is 5.91 Å². The number of hydrogen-bond acceptors (Lipinski definition) is 4. The van der Waals surface area contributed by atoms with Crippen LogP contribution in [-0.4, -0.2) is 43.0 Å². The molecule has 1 aliphatic rings. The minimum absolute atomic E-state index is 0.317. The number of benzene rings is 2. The van der Waals surface area contributed by atoms with E-state index in [2.05, 4.69) is 10.5 Å². The highest BCUT2D eigenvalue weighted by atomic mass is 19.1. The number of hydrazone groups is 1. The number of nitrogens with one attached hydrogen (secondary N) is 1. The first kappa shape index (κ1) is 18.9. The van der Waals surface area contributed by atoms with Crippen molar-refractivity contribution in [2.45, 2.75) is 0 Å². The number of ether oxygens (including phenoxy) is 1. The number of anilines is 1. The third-order valence-electron chi connectivity index (χ3n) is 4.74. The van der Waals surface area contributed by atoms with E-state index in [-0.39, 0.29) is 11.7 Å². The summed E-state index contributed by atoms with van der Waals surface area (Å²) in [7, 11) is 0. The molecule has 0 bridgehead atoms. The molecule has 0 saturated carbocycles. The summed E-state index contributed by atoms with van der Waals surface area (Å²) in [4.78, 5) is 14.2. The molecule has 1 aliphatic heterocycles. The summed E-state index contributed by atoms with van der Waals surface area (Å²) in [5.41, 5.74) is 5.05. The van der Waals surface area contributed by atoms with E-state index in [1.165, 1.54) is 12.3 Å². The third kappa shape index (κ3) is 4.52. The van der Waals surface area contributed by atoms with Crippen molar-refractivity contribution in [3.05, 3.63) is 83.9 Å². The molecule has 0 atom stereocenters. The fourth-order valence-corrected chi connectivity index (χ4v) is 3.19. The van der Waals surface area contributed by atoms with Gasteiger partial charge in [-0.25, -0.2) is 9.82 Å². The molecule has 1 N–H and O–H groups in total. The molecule has 29 heavy (non-hydrogen) atoms. The van der Waals surface area contributed by atoms with Crippen LogP contribution in [0.4, 0.5) is 10.1 Å². The van der Waals surface area contributed by atoms with Crippen LogP contribution in [0.3, 0.4) is 0 Å². The van der Waals surface area contributed by atoms with Gasteiger partial charge in [0, 0.05) is 36.7 Å². The lowest BCUT2D eigenvalue weighted by Crippen LogP contribution is -2.36. The van der Waals surface area contributed by atoms with Crippen molar-refractivity contribution in [2.75, 3.05) is 31.2 Å². The normalized spacial score (nSPS) is 14.3. The van der Waals surface area contributed by atoms with Crippen LogP contribution in [-0.2, 0) is 4.74 Å². The van der Waals surface area contributed by atoms with Gasteiger partial charge in [-0.1, -0.05) is 6.07 Å². The molecule has 0 radical (unpaired) electrons. The number of amides is 1. The summed E-state index contributed by atoms with van der Waals surface area (Å²) in [5.74, 6) is -0.645. The molecule has 0 unspecified atom stereocenters. The van der Waals surface area contributed by atoms with Crippen LogP contribution in [0.15, 0.2) is 72.1 Å². The minimum atomic E-state index is -0.328. The Morgan fingerprint density at radius 1 is 1.07 bits per heavy atom. The van der Waals surface area contributed by atoms with Crippen LogP contribution in [0.1, 0.15) is 15.9 Å². The lowest BCUT2D eigenvalue weighted by molar-refractivity contribution is 0.0955. The maximum absolute atomic E-state index is 14.4. The van der Waals surface area contributed by atoms with E-state index < -0.39 is 0 Å². The number of rotatable bonds is 5. The summed E-state index contributed by atoms with van der Waals surface area (Å²) in [6.07, 6.45) is 5.30. The second-order valence-electron chi connectivity index (χ2n) is 6.65. The molecule has 2 heterocycles. The van der Waals surface area contributed by atoms with Crippen molar-refractivity contribution >= 4 is 17.8 Å². The Bertz CT molecular complexity index is 994. The molecule has 4 rings (SSSR count). The summed E-state index contributed by atoms with van der Waals surface area (Å²) in [5, 5.41) is 3.94. The average molecular weight is 392 g/mol. The van der Waals surface area contributed by atoms with Gasteiger partial charge >= 0.3 is 0 Å². The fourth-order valence-electron chi connectivity index (χ4n) is 3.19. The van der Waals surface area contributed by atoms with Crippen LogP contribution < -0.4 is 10.3 Å².